The molecule has 1 saturated carbocycles. The molecular weight excluding hydrogens is 244 g/mol. The molecular formula is C16H19ClO. The fourth-order valence-corrected chi connectivity index (χ4v) is 2.64. The summed E-state index contributed by atoms with van der Waals surface area (Å²) in [5.74, 6) is 0.325. The van der Waals surface area contributed by atoms with Gasteiger partial charge in [-0.05, 0) is 55.0 Å². The summed E-state index contributed by atoms with van der Waals surface area (Å²) in [6.45, 7) is 4.19. The number of rotatable bonds is 2. The lowest BCUT2D eigenvalue weighted by Gasteiger charge is -2.32. The molecule has 0 bridgehead atoms. The Kier molecular flexibility index (Phi) is 3.91. The maximum absolute atomic E-state index is 12.5. The molecule has 1 nitrogen and oxygen atoms in total. The van der Waals surface area contributed by atoms with Crippen molar-refractivity contribution in [3.8, 4) is 0 Å². The first kappa shape index (κ1) is 13.4. The van der Waals surface area contributed by atoms with Gasteiger partial charge in [-0.25, -0.2) is 0 Å². The third kappa shape index (κ3) is 2.67. The van der Waals surface area contributed by atoms with Crippen LogP contribution in [0, 0.1) is 5.41 Å². The first-order chi connectivity index (χ1) is 8.55. The normalized spacial score (nSPS) is 26.6. The lowest BCUT2D eigenvalue weighted by molar-refractivity contribution is -0.125. The summed E-state index contributed by atoms with van der Waals surface area (Å²) in [7, 11) is 0. The van der Waals surface area contributed by atoms with E-state index in [0.717, 1.165) is 41.8 Å². The monoisotopic (exact) mass is 262 g/mol. The average molecular weight is 263 g/mol. The van der Waals surface area contributed by atoms with Gasteiger partial charge in [0.05, 0.1) is 0 Å². The van der Waals surface area contributed by atoms with Crippen LogP contribution < -0.4 is 0 Å². The molecule has 1 aromatic rings. The van der Waals surface area contributed by atoms with Gasteiger partial charge in [-0.2, -0.15) is 0 Å². The van der Waals surface area contributed by atoms with Crippen molar-refractivity contribution in [1.82, 2.24) is 0 Å². The first-order valence-corrected chi connectivity index (χ1v) is 6.94. The Bertz CT molecular complexity index is 472. The van der Waals surface area contributed by atoms with E-state index in [0.29, 0.717) is 5.78 Å². The van der Waals surface area contributed by atoms with Gasteiger partial charge in [0.15, 0.2) is 5.78 Å². The van der Waals surface area contributed by atoms with Crippen LogP contribution in [-0.2, 0) is 4.79 Å². The van der Waals surface area contributed by atoms with Crippen molar-refractivity contribution < 1.29 is 4.79 Å². The highest BCUT2D eigenvalue weighted by atomic mass is 35.5. The van der Waals surface area contributed by atoms with E-state index in [1.54, 1.807) is 0 Å². The van der Waals surface area contributed by atoms with Crippen LogP contribution in [0.25, 0.3) is 6.08 Å². The minimum Gasteiger partial charge on any atom is -0.294 e. The lowest BCUT2D eigenvalue weighted by atomic mass is 9.70. The average Bonchev–Trinajstić information content (AvgIpc) is 2.38. The highest BCUT2D eigenvalue weighted by Gasteiger charge is 2.36. The molecule has 0 spiro atoms. The first-order valence-electron chi connectivity index (χ1n) is 6.56. The van der Waals surface area contributed by atoms with Crippen molar-refractivity contribution in [3.63, 3.8) is 0 Å². The Hall–Kier alpha value is -1.08. The van der Waals surface area contributed by atoms with Gasteiger partial charge in [-0.15, -0.1) is 0 Å². The van der Waals surface area contributed by atoms with Crippen LogP contribution in [0.4, 0.5) is 0 Å². The van der Waals surface area contributed by atoms with Gasteiger partial charge in [0.25, 0.3) is 0 Å². The second-order valence-corrected chi connectivity index (χ2v) is 5.75. The Labute approximate surface area is 114 Å². The van der Waals surface area contributed by atoms with Gasteiger partial charge >= 0.3 is 0 Å². The zero-order valence-electron chi connectivity index (χ0n) is 11.0. The van der Waals surface area contributed by atoms with E-state index >= 15 is 0 Å². The minimum atomic E-state index is -0.156. The number of benzene rings is 1. The number of carbonyl (C=O) groups is 1. The molecule has 0 aromatic heterocycles. The maximum Gasteiger partial charge on any atom is 0.164 e. The SMILES string of the molecule is CCC1(C)CCCC(=Cc2ccc(Cl)cc2)C1=O. The van der Waals surface area contributed by atoms with Crippen molar-refractivity contribution in [1.29, 1.82) is 0 Å². The van der Waals surface area contributed by atoms with Crippen LogP contribution in [0.3, 0.4) is 0 Å². The van der Waals surface area contributed by atoms with E-state index in [4.69, 9.17) is 11.6 Å². The second kappa shape index (κ2) is 5.27. The smallest absolute Gasteiger partial charge is 0.164 e. The highest BCUT2D eigenvalue weighted by Crippen LogP contribution is 2.38. The molecule has 0 heterocycles. The minimum absolute atomic E-state index is 0.156. The summed E-state index contributed by atoms with van der Waals surface area (Å²) in [5, 5.41) is 0.727. The molecule has 0 N–H and O–H groups in total. The summed E-state index contributed by atoms with van der Waals surface area (Å²) >= 11 is 5.86. The van der Waals surface area contributed by atoms with Gasteiger partial charge in [-0.1, -0.05) is 37.6 Å². The summed E-state index contributed by atoms with van der Waals surface area (Å²) in [6.07, 6.45) is 5.96. The highest BCUT2D eigenvalue weighted by molar-refractivity contribution is 6.30. The third-order valence-corrected chi connectivity index (χ3v) is 4.26. The molecule has 1 aliphatic rings. The Balaban J connectivity index is 2.27. The van der Waals surface area contributed by atoms with Crippen molar-refractivity contribution in [2.24, 2.45) is 5.41 Å². The van der Waals surface area contributed by atoms with Gasteiger partial charge in [0.2, 0.25) is 0 Å². The number of ketones is 1. The van der Waals surface area contributed by atoms with E-state index in [9.17, 15) is 4.79 Å². The van der Waals surface area contributed by atoms with Crippen LogP contribution in [0.15, 0.2) is 29.8 Å². The van der Waals surface area contributed by atoms with Crippen LogP contribution in [0.5, 0.6) is 0 Å². The lowest BCUT2D eigenvalue weighted by Crippen LogP contribution is -2.32. The third-order valence-electron chi connectivity index (χ3n) is 4.01. The number of allylic oxidation sites excluding steroid dienone is 1. The molecule has 18 heavy (non-hydrogen) atoms. The van der Waals surface area contributed by atoms with Crippen LogP contribution in [0.1, 0.15) is 45.1 Å². The van der Waals surface area contributed by atoms with Crippen molar-refractivity contribution in [2.45, 2.75) is 39.5 Å². The van der Waals surface area contributed by atoms with E-state index < -0.39 is 0 Å². The van der Waals surface area contributed by atoms with Gasteiger partial charge in [-0.3, -0.25) is 4.79 Å². The van der Waals surface area contributed by atoms with E-state index in [2.05, 4.69) is 13.8 Å². The molecule has 1 unspecified atom stereocenters. The van der Waals surface area contributed by atoms with Crippen LogP contribution in [0.2, 0.25) is 5.02 Å². The largest absolute Gasteiger partial charge is 0.294 e. The Morgan fingerprint density at radius 2 is 2.00 bits per heavy atom. The topological polar surface area (TPSA) is 17.1 Å². The Morgan fingerprint density at radius 3 is 2.61 bits per heavy atom. The molecule has 0 amide bonds. The van der Waals surface area contributed by atoms with Gasteiger partial charge in [0, 0.05) is 10.4 Å². The molecule has 2 heteroatoms. The molecule has 0 aliphatic heterocycles. The van der Waals surface area contributed by atoms with Crippen molar-refractivity contribution in [3.05, 3.63) is 40.4 Å². The molecule has 0 radical (unpaired) electrons. The molecule has 1 aromatic carbocycles. The predicted octanol–water partition coefficient (Wildman–Crippen LogP) is 4.89. The fraction of sp³-hybridized carbons (Fsp3) is 0.438. The molecule has 96 valence electrons. The van der Waals surface area contributed by atoms with Crippen molar-refractivity contribution >= 4 is 23.5 Å². The molecule has 1 atom stereocenters. The van der Waals surface area contributed by atoms with Crippen LogP contribution >= 0.6 is 11.6 Å². The fourth-order valence-electron chi connectivity index (χ4n) is 2.52. The van der Waals surface area contributed by atoms with Gasteiger partial charge in [0.1, 0.15) is 0 Å². The van der Waals surface area contributed by atoms with E-state index in [-0.39, 0.29) is 5.41 Å². The quantitative estimate of drug-likeness (QED) is 0.694. The zero-order valence-corrected chi connectivity index (χ0v) is 11.8. The second-order valence-electron chi connectivity index (χ2n) is 5.32. The molecule has 1 fully saturated rings. The standard InChI is InChI=1S/C16H19ClO/c1-3-16(2)10-4-5-13(15(16)18)11-12-6-8-14(17)9-7-12/h6-9,11H,3-5,10H2,1-2H3. The number of hydrogen-bond donors (Lipinski definition) is 0. The van der Waals surface area contributed by atoms with Crippen LogP contribution in [-0.4, -0.2) is 5.78 Å². The number of hydrogen-bond acceptors (Lipinski definition) is 1. The molecule has 0 saturated heterocycles. The summed E-state index contributed by atoms with van der Waals surface area (Å²) < 4.78 is 0. The summed E-state index contributed by atoms with van der Waals surface area (Å²) in [5.41, 5.74) is 1.87. The molecule has 1 aliphatic carbocycles. The zero-order chi connectivity index (χ0) is 13.2. The predicted molar refractivity (Wildman–Crippen MR) is 76.7 cm³/mol. The molecule has 2 rings (SSSR count). The number of halogens is 1. The Morgan fingerprint density at radius 1 is 1.33 bits per heavy atom. The van der Waals surface area contributed by atoms with Gasteiger partial charge < -0.3 is 0 Å². The summed E-state index contributed by atoms with van der Waals surface area (Å²) in [6, 6.07) is 7.64. The van der Waals surface area contributed by atoms with Crippen molar-refractivity contribution in [2.75, 3.05) is 0 Å². The maximum atomic E-state index is 12.5. The summed E-state index contributed by atoms with van der Waals surface area (Å²) in [4.78, 5) is 12.5. The number of carbonyl (C=O) groups excluding carboxylic acids is 1. The van der Waals surface area contributed by atoms with E-state index in [1.807, 2.05) is 30.3 Å². The van der Waals surface area contributed by atoms with E-state index in [1.165, 1.54) is 0 Å². The number of Topliss-reactive ketones (excluding diaryl/α,β-unsaturated/α-hetero) is 1.